The Balaban J connectivity index is 2.70. The molecule has 0 bridgehead atoms. The van der Waals surface area contributed by atoms with Crippen molar-refractivity contribution in [2.45, 2.75) is 39.5 Å². The maximum atomic E-state index is 12.2. The Kier molecular flexibility index (Phi) is 8.76. The maximum absolute atomic E-state index is 12.2. The zero-order valence-corrected chi connectivity index (χ0v) is 17.0. The summed E-state index contributed by atoms with van der Waals surface area (Å²) in [6.45, 7) is 4.64. The number of carbonyl (C=O) groups is 1. The van der Waals surface area contributed by atoms with Gasteiger partial charge in [0.25, 0.3) is 0 Å². The van der Waals surface area contributed by atoms with Crippen LogP contribution in [0, 0.1) is 5.92 Å². The number of amides is 1. The second-order valence-corrected chi connectivity index (χ2v) is 8.79. The predicted molar refractivity (Wildman–Crippen MR) is 103 cm³/mol. The van der Waals surface area contributed by atoms with Gasteiger partial charge in [-0.05, 0) is 36.6 Å². The number of nitrogens with zero attached hydrogens (tertiary/aromatic N) is 1. The van der Waals surface area contributed by atoms with E-state index in [9.17, 15) is 13.2 Å². The number of benzene rings is 1. The van der Waals surface area contributed by atoms with Gasteiger partial charge in [-0.25, -0.2) is 8.42 Å². The molecule has 1 atom stereocenters. The summed E-state index contributed by atoms with van der Waals surface area (Å²) in [5.41, 5.74) is 0.480. The van der Waals surface area contributed by atoms with Gasteiger partial charge in [-0.3, -0.25) is 9.10 Å². The van der Waals surface area contributed by atoms with E-state index in [0.29, 0.717) is 18.2 Å². The minimum atomic E-state index is -3.53. The lowest BCUT2D eigenvalue weighted by molar-refractivity contribution is -0.119. The van der Waals surface area contributed by atoms with Crippen molar-refractivity contribution in [2.24, 2.45) is 5.92 Å². The lowest BCUT2D eigenvalue weighted by Crippen LogP contribution is -2.41. The SMILES string of the molecule is CCCC[C@@H](CC)CNC(=O)CN(c1ccc(Br)cc1)S(C)(=O)=O. The van der Waals surface area contributed by atoms with Crippen LogP contribution in [-0.2, 0) is 14.8 Å². The summed E-state index contributed by atoms with van der Waals surface area (Å²) in [4.78, 5) is 12.2. The minimum Gasteiger partial charge on any atom is -0.354 e. The van der Waals surface area contributed by atoms with Crippen molar-refractivity contribution in [3.63, 3.8) is 0 Å². The first kappa shape index (κ1) is 21.0. The molecule has 0 heterocycles. The molecule has 0 saturated carbocycles. The Bertz CT molecular complexity index is 617. The molecule has 0 aliphatic heterocycles. The third-order valence-corrected chi connectivity index (χ3v) is 5.60. The van der Waals surface area contributed by atoms with Gasteiger partial charge in [0.1, 0.15) is 6.54 Å². The molecule has 0 saturated heterocycles. The van der Waals surface area contributed by atoms with Crippen LogP contribution in [0.5, 0.6) is 0 Å². The van der Waals surface area contributed by atoms with Crippen LogP contribution in [0.15, 0.2) is 28.7 Å². The summed E-state index contributed by atoms with van der Waals surface area (Å²) in [6.07, 6.45) is 5.47. The van der Waals surface area contributed by atoms with Gasteiger partial charge in [-0.1, -0.05) is 49.0 Å². The lowest BCUT2D eigenvalue weighted by atomic mass is 9.99. The summed E-state index contributed by atoms with van der Waals surface area (Å²) < 4.78 is 26.0. The number of sulfonamides is 1. The van der Waals surface area contributed by atoms with Crippen LogP contribution in [-0.4, -0.2) is 33.7 Å². The van der Waals surface area contributed by atoms with E-state index in [1.54, 1.807) is 24.3 Å². The van der Waals surface area contributed by atoms with Crippen molar-refractivity contribution in [1.29, 1.82) is 0 Å². The molecule has 5 nitrogen and oxygen atoms in total. The molecule has 0 fully saturated rings. The lowest BCUT2D eigenvalue weighted by Gasteiger charge is -2.23. The van der Waals surface area contributed by atoms with Crippen LogP contribution in [0.1, 0.15) is 39.5 Å². The second-order valence-electron chi connectivity index (χ2n) is 5.97. The standard InChI is InChI=1S/C17H27BrN2O3S/c1-4-6-7-14(5-2)12-19-17(21)13-20(24(3,22)23)16-10-8-15(18)9-11-16/h8-11,14H,4-7,12-13H2,1-3H3,(H,19,21)/t14-/m1/s1. The molecule has 24 heavy (non-hydrogen) atoms. The van der Waals surface area contributed by atoms with E-state index >= 15 is 0 Å². The monoisotopic (exact) mass is 418 g/mol. The van der Waals surface area contributed by atoms with Crippen molar-refractivity contribution in [3.8, 4) is 0 Å². The molecule has 0 unspecified atom stereocenters. The average molecular weight is 419 g/mol. The highest BCUT2D eigenvalue weighted by Gasteiger charge is 2.21. The van der Waals surface area contributed by atoms with Crippen LogP contribution in [0.2, 0.25) is 0 Å². The van der Waals surface area contributed by atoms with Crippen LogP contribution in [0.3, 0.4) is 0 Å². The highest BCUT2D eigenvalue weighted by atomic mass is 79.9. The number of unbranched alkanes of at least 4 members (excludes halogenated alkanes) is 1. The Morgan fingerprint density at radius 1 is 1.25 bits per heavy atom. The van der Waals surface area contributed by atoms with Gasteiger partial charge in [0, 0.05) is 11.0 Å². The first-order chi connectivity index (χ1) is 11.3. The Labute approximate surface area is 154 Å². The molecular weight excluding hydrogens is 392 g/mol. The number of hydrogen-bond donors (Lipinski definition) is 1. The van der Waals surface area contributed by atoms with Gasteiger partial charge in [0.05, 0.1) is 11.9 Å². The average Bonchev–Trinajstić information content (AvgIpc) is 2.53. The number of halogens is 1. The highest BCUT2D eigenvalue weighted by Crippen LogP contribution is 2.20. The first-order valence-corrected chi connectivity index (χ1v) is 10.9. The molecule has 0 spiro atoms. The Morgan fingerprint density at radius 2 is 1.88 bits per heavy atom. The zero-order chi connectivity index (χ0) is 18.2. The molecule has 7 heteroatoms. The number of anilines is 1. The summed E-state index contributed by atoms with van der Waals surface area (Å²) in [7, 11) is -3.53. The molecule has 136 valence electrons. The van der Waals surface area contributed by atoms with Gasteiger partial charge < -0.3 is 5.32 Å². The van der Waals surface area contributed by atoms with E-state index in [-0.39, 0.29) is 12.5 Å². The fraction of sp³-hybridized carbons (Fsp3) is 0.588. The molecule has 0 radical (unpaired) electrons. The fourth-order valence-corrected chi connectivity index (χ4v) is 3.52. The second kappa shape index (κ2) is 10.0. The van der Waals surface area contributed by atoms with Crippen LogP contribution < -0.4 is 9.62 Å². The van der Waals surface area contributed by atoms with E-state index < -0.39 is 10.0 Å². The molecule has 1 amide bonds. The number of carbonyl (C=O) groups excluding carboxylic acids is 1. The number of nitrogens with one attached hydrogen (secondary N) is 1. The van der Waals surface area contributed by atoms with Crippen molar-refractivity contribution >= 4 is 37.5 Å². The van der Waals surface area contributed by atoms with Crippen molar-refractivity contribution < 1.29 is 13.2 Å². The number of rotatable bonds is 10. The van der Waals surface area contributed by atoms with E-state index in [1.165, 1.54) is 0 Å². The normalized spacial score (nSPS) is 12.7. The summed E-state index contributed by atoms with van der Waals surface area (Å²) in [5, 5.41) is 2.87. The highest BCUT2D eigenvalue weighted by molar-refractivity contribution is 9.10. The van der Waals surface area contributed by atoms with E-state index in [0.717, 1.165) is 40.7 Å². The molecule has 1 aromatic carbocycles. The summed E-state index contributed by atoms with van der Waals surface area (Å²) in [6, 6.07) is 6.86. The molecule has 0 aliphatic carbocycles. The Morgan fingerprint density at radius 3 is 2.38 bits per heavy atom. The Hall–Kier alpha value is -1.08. The molecule has 1 rings (SSSR count). The van der Waals surface area contributed by atoms with Gasteiger partial charge in [0.15, 0.2) is 0 Å². The zero-order valence-electron chi connectivity index (χ0n) is 14.6. The van der Waals surface area contributed by atoms with Crippen LogP contribution in [0.25, 0.3) is 0 Å². The molecule has 1 aromatic rings. The quantitative estimate of drug-likeness (QED) is 0.631. The molecule has 0 aliphatic rings. The van der Waals surface area contributed by atoms with E-state index in [1.807, 2.05) is 0 Å². The van der Waals surface area contributed by atoms with Crippen molar-refractivity contribution in [2.75, 3.05) is 23.7 Å². The maximum Gasteiger partial charge on any atom is 0.240 e. The van der Waals surface area contributed by atoms with Crippen molar-refractivity contribution in [3.05, 3.63) is 28.7 Å². The van der Waals surface area contributed by atoms with Gasteiger partial charge in [-0.15, -0.1) is 0 Å². The summed E-state index contributed by atoms with van der Waals surface area (Å²) in [5.74, 6) is 0.159. The first-order valence-electron chi connectivity index (χ1n) is 8.27. The fourth-order valence-electron chi connectivity index (χ4n) is 2.40. The van der Waals surface area contributed by atoms with Gasteiger partial charge in [-0.2, -0.15) is 0 Å². The largest absolute Gasteiger partial charge is 0.354 e. The molecular formula is C17H27BrN2O3S. The van der Waals surface area contributed by atoms with Crippen molar-refractivity contribution in [1.82, 2.24) is 5.32 Å². The van der Waals surface area contributed by atoms with Crippen LogP contribution in [0.4, 0.5) is 5.69 Å². The molecule has 0 aromatic heterocycles. The van der Waals surface area contributed by atoms with Crippen LogP contribution >= 0.6 is 15.9 Å². The third-order valence-electron chi connectivity index (χ3n) is 3.93. The predicted octanol–water partition coefficient (Wildman–Crippen LogP) is 3.55. The van der Waals surface area contributed by atoms with E-state index in [4.69, 9.17) is 0 Å². The topological polar surface area (TPSA) is 66.5 Å². The van der Waals surface area contributed by atoms with E-state index in [2.05, 4.69) is 35.1 Å². The molecule has 1 N–H and O–H groups in total. The van der Waals surface area contributed by atoms with Gasteiger partial charge in [0.2, 0.25) is 15.9 Å². The smallest absolute Gasteiger partial charge is 0.240 e. The minimum absolute atomic E-state index is 0.204. The summed E-state index contributed by atoms with van der Waals surface area (Å²) >= 11 is 3.32. The number of hydrogen-bond acceptors (Lipinski definition) is 3. The third kappa shape index (κ3) is 7.21. The van der Waals surface area contributed by atoms with Gasteiger partial charge >= 0.3 is 0 Å².